The summed E-state index contributed by atoms with van der Waals surface area (Å²) in [6.07, 6.45) is 50.9. The minimum Gasteiger partial charge on any atom is -0.462 e. The number of carbonyl (C=O) groups excluding carboxylic acids is 3. The van der Waals surface area contributed by atoms with Gasteiger partial charge in [-0.2, -0.15) is 0 Å². The lowest BCUT2D eigenvalue weighted by molar-refractivity contribution is -0.167. The first-order valence-corrected chi connectivity index (χ1v) is 23.2. The summed E-state index contributed by atoms with van der Waals surface area (Å²) in [5.41, 5.74) is 0. The van der Waals surface area contributed by atoms with Gasteiger partial charge in [-0.3, -0.25) is 14.4 Å². The van der Waals surface area contributed by atoms with Gasteiger partial charge >= 0.3 is 17.9 Å². The van der Waals surface area contributed by atoms with E-state index >= 15 is 0 Å². The van der Waals surface area contributed by atoms with Crippen molar-refractivity contribution >= 4 is 17.9 Å². The van der Waals surface area contributed by atoms with Crippen molar-refractivity contribution in [1.82, 2.24) is 0 Å². The van der Waals surface area contributed by atoms with E-state index in [0.717, 1.165) is 83.5 Å². The van der Waals surface area contributed by atoms with Gasteiger partial charge in [0.2, 0.25) is 0 Å². The predicted octanol–water partition coefficient (Wildman–Crippen LogP) is 14.8. The van der Waals surface area contributed by atoms with Crippen LogP contribution in [0.1, 0.15) is 226 Å². The van der Waals surface area contributed by atoms with Crippen molar-refractivity contribution in [2.24, 2.45) is 0 Å². The molecule has 318 valence electrons. The highest BCUT2D eigenvalue weighted by Gasteiger charge is 2.19. The summed E-state index contributed by atoms with van der Waals surface area (Å²) in [7, 11) is 0. The van der Waals surface area contributed by atoms with Crippen molar-refractivity contribution in [2.45, 2.75) is 232 Å². The number of allylic oxidation sites excluding steroid dienone is 8. The molecule has 0 aromatic carbocycles. The number of carbonyl (C=O) groups is 3. The Kier molecular flexibility index (Phi) is 42.0. The monoisotopic (exact) mass is 771 g/mol. The van der Waals surface area contributed by atoms with Gasteiger partial charge in [0, 0.05) is 19.3 Å². The van der Waals surface area contributed by atoms with E-state index in [0.29, 0.717) is 19.3 Å². The number of ether oxygens (including phenoxy) is 3. The van der Waals surface area contributed by atoms with Crippen molar-refractivity contribution in [1.29, 1.82) is 0 Å². The standard InChI is InChI=1S/C49H86O6/c1-4-7-10-13-16-19-21-23-24-26-27-30-33-36-39-42-48(51)54-45-46(44-53-47(50)41-38-35-32-29-18-15-12-9-6-3)55-49(52)43-40-37-34-31-28-25-22-20-17-14-11-8-5-2/h7,10,13,16,19,21,23-24,46H,4-6,8-9,11-12,14-15,17-18,20,22,25-45H2,1-3H3/b10-7-,16-13-,21-19-,24-23-. The molecule has 0 fully saturated rings. The van der Waals surface area contributed by atoms with E-state index in [1.165, 1.54) is 103 Å². The number of hydrogen-bond donors (Lipinski definition) is 0. The first-order chi connectivity index (χ1) is 27.0. The molecule has 1 unspecified atom stereocenters. The van der Waals surface area contributed by atoms with E-state index in [4.69, 9.17) is 14.2 Å². The van der Waals surface area contributed by atoms with Gasteiger partial charge < -0.3 is 14.2 Å². The number of unbranched alkanes of at least 4 members (excludes halogenated alkanes) is 25. The summed E-state index contributed by atoms with van der Waals surface area (Å²) in [5, 5.41) is 0. The second-order valence-electron chi connectivity index (χ2n) is 15.4. The third-order valence-corrected chi connectivity index (χ3v) is 9.94. The quantitative estimate of drug-likeness (QED) is 0.0267. The topological polar surface area (TPSA) is 78.9 Å². The summed E-state index contributed by atoms with van der Waals surface area (Å²) in [5.74, 6) is -0.902. The fraction of sp³-hybridized carbons (Fsp3) is 0.776. The molecule has 0 bridgehead atoms. The minimum atomic E-state index is -0.776. The van der Waals surface area contributed by atoms with Gasteiger partial charge in [-0.1, -0.05) is 217 Å². The lowest BCUT2D eigenvalue weighted by Gasteiger charge is -2.18. The maximum absolute atomic E-state index is 12.7. The molecule has 1 atom stereocenters. The van der Waals surface area contributed by atoms with Crippen molar-refractivity contribution in [3.8, 4) is 0 Å². The van der Waals surface area contributed by atoms with E-state index in [-0.39, 0.29) is 31.1 Å². The van der Waals surface area contributed by atoms with Gasteiger partial charge in [0.1, 0.15) is 13.2 Å². The second kappa shape index (κ2) is 44.1. The fourth-order valence-electron chi connectivity index (χ4n) is 6.45. The first-order valence-electron chi connectivity index (χ1n) is 23.2. The molecule has 6 heteroatoms. The Hall–Kier alpha value is -2.63. The Labute approximate surface area is 339 Å². The second-order valence-corrected chi connectivity index (χ2v) is 15.4. The molecule has 0 aromatic rings. The highest BCUT2D eigenvalue weighted by Crippen LogP contribution is 2.15. The molecule has 0 rings (SSSR count). The maximum atomic E-state index is 12.7. The molecule has 0 spiro atoms. The van der Waals surface area contributed by atoms with Crippen LogP contribution in [0, 0.1) is 0 Å². The molecule has 0 saturated carbocycles. The molecule has 55 heavy (non-hydrogen) atoms. The summed E-state index contributed by atoms with van der Waals surface area (Å²) < 4.78 is 16.7. The zero-order chi connectivity index (χ0) is 40.1. The van der Waals surface area contributed by atoms with Crippen molar-refractivity contribution in [3.63, 3.8) is 0 Å². The van der Waals surface area contributed by atoms with Gasteiger partial charge in [-0.05, 0) is 38.5 Å². The molecule has 0 saturated heterocycles. The van der Waals surface area contributed by atoms with Crippen LogP contribution in [0.5, 0.6) is 0 Å². The van der Waals surface area contributed by atoms with E-state index in [9.17, 15) is 14.4 Å². The van der Waals surface area contributed by atoms with E-state index in [1.54, 1.807) is 0 Å². The smallest absolute Gasteiger partial charge is 0.306 e. The van der Waals surface area contributed by atoms with Crippen LogP contribution in [-0.4, -0.2) is 37.2 Å². The van der Waals surface area contributed by atoms with E-state index in [1.807, 2.05) is 18.2 Å². The molecule has 0 radical (unpaired) electrons. The largest absolute Gasteiger partial charge is 0.462 e. The number of esters is 3. The molecule has 6 nitrogen and oxygen atoms in total. The Balaban J connectivity index is 4.38. The van der Waals surface area contributed by atoms with Crippen LogP contribution < -0.4 is 0 Å². The highest BCUT2D eigenvalue weighted by molar-refractivity contribution is 5.71. The highest BCUT2D eigenvalue weighted by atomic mass is 16.6. The average molecular weight is 771 g/mol. The molecular formula is C49H86O6. The SMILES string of the molecule is CC\C=C/C=C\C=C/C=C\CCCCCCCC(=O)OCC(COC(=O)CCCCCCCCCCC)OC(=O)CCCCCCCCCCCCCCC. The van der Waals surface area contributed by atoms with Crippen LogP contribution in [0.15, 0.2) is 48.6 Å². The predicted molar refractivity (Wildman–Crippen MR) is 233 cm³/mol. The molecular weight excluding hydrogens is 685 g/mol. The van der Waals surface area contributed by atoms with Gasteiger partial charge in [0.05, 0.1) is 0 Å². The molecule has 0 N–H and O–H groups in total. The molecule has 0 aliphatic heterocycles. The number of rotatable bonds is 41. The summed E-state index contributed by atoms with van der Waals surface area (Å²) in [6, 6.07) is 0. The fourth-order valence-corrected chi connectivity index (χ4v) is 6.45. The Bertz CT molecular complexity index is 980. The van der Waals surface area contributed by atoms with Gasteiger partial charge in [0.25, 0.3) is 0 Å². The third kappa shape index (κ3) is 42.4. The maximum Gasteiger partial charge on any atom is 0.306 e. The van der Waals surface area contributed by atoms with Crippen LogP contribution in [0.4, 0.5) is 0 Å². The van der Waals surface area contributed by atoms with Crippen LogP contribution >= 0.6 is 0 Å². The van der Waals surface area contributed by atoms with Gasteiger partial charge in [0.15, 0.2) is 6.10 Å². The van der Waals surface area contributed by atoms with Crippen molar-refractivity contribution < 1.29 is 28.6 Å². The van der Waals surface area contributed by atoms with Crippen molar-refractivity contribution in [3.05, 3.63) is 48.6 Å². The van der Waals surface area contributed by atoms with Crippen LogP contribution in [0.2, 0.25) is 0 Å². The van der Waals surface area contributed by atoms with Crippen LogP contribution in [0.25, 0.3) is 0 Å². The summed E-state index contributed by atoms with van der Waals surface area (Å²) in [6.45, 7) is 6.46. The summed E-state index contributed by atoms with van der Waals surface area (Å²) in [4.78, 5) is 37.7. The van der Waals surface area contributed by atoms with Crippen LogP contribution in [0.3, 0.4) is 0 Å². The molecule has 0 aromatic heterocycles. The zero-order valence-electron chi connectivity index (χ0n) is 36.2. The normalized spacial score (nSPS) is 12.4. The lowest BCUT2D eigenvalue weighted by atomic mass is 10.0. The molecule has 0 aliphatic rings. The zero-order valence-corrected chi connectivity index (χ0v) is 36.2. The number of hydrogen-bond acceptors (Lipinski definition) is 6. The van der Waals surface area contributed by atoms with Crippen LogP contribution in [-0.2, 0) is 28.6 Å². The Morgan fingerprint density at radius 2 is 0.709 bits per heavy atom. The summed E-state index contributed by atoms with van der Waals surface area (Å²) >= 11 is 0. The Morgan fingerprint density at radius 1 is 0.382 bits per heavy atom. The van der Waals surface area contributed by atoms with Gasteiger partial charge in [-0.15, -0.1) is 0 Å². The Morgan fingerprint density at radius 3 is 1.11 bits per heavy atom. The van der Waals surface area contributed by atoms with Crippen molar-refractivity contribution in [2.75, 3.05) is 13.2 Å². The third-order valence-electron chi connectivity index (χ3n) is 9.94. The van der Waals surface area contributed by atoms with E-state index in [2.05, 4.69) is 51.2 Å². The average Bonchev–Trinajstić information content (AvgIpc) is 3.18. The molecule has 0 amide bonds. The minimum absolute atomic E-state index is 0.0782. The first kappa shape index (κ1) is 52.4. The lowest BCUT2D eigenvalue weighted by Crippen LogP contribution is -2.30. The molecule has 0 aliphatic carbocycles. The van der Waals surface area contributed by atoms with E-state index < -0.39 is 6.10 Å². The molecule has 0 heterocycles. The van der Waals surface area contributed by atoms with Gasteiger partial charge in [-0.25, -0.2) is 0 Å².